The Balaban J connectivity index is 0.000000452. The van der Waals surface area contributed by atoms with Crippen molar-refractivity contribution in [2.45, 2.75) is 40.7 Å². The number of alkyl halides is 1. The van der Waals surface area contributed by atoms with Gasteiger partial charge < -0.3 is 9.47 Å². The van der Waals surface area contributed by atoms with E-state index in [0.29, 0.717) is 17.7 Å². The monoisotopic (exact) mass is 470 g/mol. The second-order valence-corrected chi connectivity index (χ2v) is 7.67. The number of hydrogen-bond acceptors (Lipinski definition) is 9. The van der Waals surface area contributed by atoms with Crippen molar-refractivity contribution in [3.05, 3.63) is 55.0 Å². The summed E-state index contributed by atoms with van der Waals surface area (Å²) < 4.78 is 9.23. The molecule has 0 radical (unpaired) electrons. The predicted molar refractivity (Wildman–Crippen MR) is 115 cm³/mol. The molecule has 2 rings (SSSR count). The Kier molecular flexibility index (Phi) is 10.8. The first-order valence-corrected chi connectivity index (χ1v) is 10.5. The highest BCUT2D eigenvalue weighted by Gasteiger charge is 2.14. The lowest BCUT2D eigenvalue weighted by Gasteiger charge is -2.06. The van der Waals surface area contributed by atoms with Crippen molar-refractivity contribution in [3.8, 4) is 0 Å². The fourth-order valence-corrected chi connectivity index (χ4v) is 3.18. The third kappa shape index (κ3) is 9.67. The molecule has 9 nitrogen and oxygen atoms in total. The molecule has 31 heavy (non-hydrogen) atoms. The van der Waals surface area contributed by atoms with Gasteiger partial charge in [0.15, 0.2) is 12.4 Å². The molecule has 2 aromatic rings. The van der Waals surface area contributed by atoms with Crippen molar-refractivity contribution >= 4 is 46.3 Å². The van der Waals surface area contributed by atoms with Crippen LogP contribution in [0.15, 0.2) is 17.5 Å². The van der Waals surface area contributed by atoms with Gasteiger partial charge in [0.05, 0.1) is 21.5 Å². The average molecular weight is 471 g/mol. The predicted octanol–water partition coefficient (Wildman–Crippen LogP) is 3.68. The normalized spacial score (nSPS) is 9.97. The molecule has 0 spiro atoms. The molecule has 0 atom stereocenters. The van der Waals surface area contributed by atoms with Crippen LogP contribution < -0.4 is 0 Å². The van der Waals surface area contributed by atoms with Crippen molar-refractivity contribution in [3.63, 3.8) is 0 Å². The number of ketones is 1. The number of ether oxygens (including phenoxy) is 2. The number of nitro benzene ring substituents is 1. The van der Waals surface area contributed by atoms with E-state index in [4.69, 9.17) is 16.3 Å². The van der Waals surface area contributed by atoms with Crippen LogP contribution in [0.5, 0.6) is 0 Å². The summed E-state index contributed by atoms with van der Waals surface area (Å²) in [5.41, 5.74) is 3.37. The minimum atomic E-state index is -0.464. The topological polar surface area (TPSA) is 126 Å². The molecule has 0 fully saturated rings. The summed E-state index contributed by atoms with van der Waals surface area (Å²) in [5.74, 6) is -1.19. The maximum Gasteiger partial charge on any atom is 0.303 e. The number of carbonyl (C=O) groups is 3. The van der Waals surface area contributed by atoms with Crippen LogP contribution in [0.1, 0.15) is 41.2 Å². The van der Waals surface area contributed by atoms with E-state index in [-0.39, 0.29) is 41.5 Å². The lowest BCUT2D eigenvalue weighted by atomic mass is 10.0. The first kappa shape index (κ1) is 26.2. The molecule has 0 N–H and O–H groups in total. The maximum absolute atomic E-state index is 10.9. The zero-order valence-electron chi connectivity index (χ0n) is 17.6. The molecule has 0 saturated carbocycles. The Morgan fingerprint density at radius 1 is 1.13 bits per heavy atom. The Hall–Kier alpha value is -2.85. The van der Waals surface area contributed by atoms with Gasteiger partial charge >= 0.3 is 11.9 Å². The van der Waals surface area contributed by atoms with Gasteiger partial charge in [-0.25, -0.2) is 4.98 Å². The molecular formula is C20H23ClN2O7S. The lowest BCUT2D eigenvalue weighted by molar-refractivity contribution is -0.385. The second kappa shape index (κ2) is 12.8. The molecule has 0 saturated heterocycles. The third-order valence-corrected chi connectivity index (χ3v) is 5.00. The van der Waals surface area contributed by atoms with Gasteiger partial charge in [0.25, 0.3) is 5.69 Å². The summed E-state index contributed by atoms with van der Waals surface area (Å²) in [5, 5.41) is 13.7. The number of rotatable bonds is 8. The smallest absolute Gasteiger partial charge is 0.303 e. The zero-order chi connectivity index (χ0) is 23.6. The van der Waals surface area contributed by atoms with E-state index >= 15 is 0 Å². The van der Waals surface area contributed by atoms with Crippen LogP contribution in [-0.4, -0.2) is 40.1 Å². The highest BCUT2D eigenvalue weighted by atomic mass is 35.5. The number of aryl methyl sites for hydroxylation is 2. The number of nitro groups is 1. The molecule has 0 aliphatic rings. The van der Waals surface area contributed by atoms with Crippen molar-refractivity contribution in [1.82, 2.24) is 4.98 Å². The summed E-state index contributed by atoms with van der Waals surface area (Å²) in [6.07, 6.45) is 0.607. The van der Waals surface area contributed by atoms with Gasteiger partial charge in [0, 0.05) is 37.3 Å². The quantitative estimate of drug-likeness (QED) is 0.247. The van der Waals surface area contributed by atoms with Gasteiger partial charge in [0.2, 0.25) is 0 Å². The highest BCUT2D eigenvalue weighted by Crippen LogP contribution is 2.25. The minimum absolute atomic E-state index is 0.104. The number of halogens is 1. The van der Waals surface area contributed by atoms with E-state index in [1.54, 1.807) is 13.0 Å². The van der Waals surface area contributed by atoms with E-state index in [9.17, 15) is 24.5 Å². The Morgan fingerprint density at radius 2 is 1.77 bits per heavy atom. The average Bonchev–Trinajstić information content (AvgIpc) is 3.14. The fraction of sp³-hybridized carbons (Fsp3) is 0.400. The third-order valence-electron chi connectivity index (χ3n) is 3.80. The minimum Gasteiger partial charge on any atom is -0.459 e. The number of nitrogens with zero attached hydrogens (tertiary/aromatic N) is 2. The van der Waals surface area contributed by atoms with Crippen LogP contribution in [0.25, 0.3) is 0 Å². The summed E-state index contributed by atoms with van der Waals surface area (Å²) in [6, 6.07) is 3.43. The van der Waals surface area contributed by atoms with E-state index in [2.05, 4.69) is 9.72 Å². The second-order valence-electron chi connectivity index (χ2n) is 6.46. The molecular weight excluding hydrogens is 448 g/mol. The van der Waals surface area contributed by atoms with Gasteiger partial charge in [0.1, 0.15) is 6.61 Å². The highest BCUT2D eigenvalue weighted by molar-refractivity contribution is 7.09. The zero-order valence-corrected chi connectivity index (χ0v) is 19.2. The van der Waals surface area contributed by atoms with Crippen LogP contribution >= 0.6 is 22.9 Å². The first-order chi connectivity index (χ1) is 14.5. The molecule has 0 aliphatic heterocycles. The van der Waals surface area contributed by atoms with Crippen molar-refractivity contribution < 1.29 is 28.8 Å². The maximum atomic E-state index is 10.9. The van der Waals surface area contributed by atoms with E-state index in [1.165, 1.54) is 25.2 Å². The molecule has 0 aliphatic carbocycles. The summed E-state index contributed by atoms with van der Waals surface area (Å²) in [4.78, 5) is 46.1. The Morgan fingerprint density at radius 3 is 2.32 bits per heavy atom. The van der Waals surface area contributed by atoms with Gasteiger partial charge in [-0.3, -0.25) is 24.5 Å². The molecule has 0 unspecified atom stereocenters. The Labute approximate surface area is 188 Å². The van der Waals surface area contributed by atoms with E-state index in [1.807, 2.05) is 18.4 Å². The van der Waals surface area contributed by atoms with Gasteiger partial charge in [-0.05, 0) is 31.0 Å². The summed E-state index contributed by atoms with van der Waals surface area (Å²) in [7, 11) is 0. The number of benzene rings is 1. The van der Waals surface area contributed by atoms with Crippen LogP contribution in [0, 0.1) is 24.0 Å². The lowest BCUT2D eigenvalue weighted by Crippen LogP contribution is -2.12. The number of esters is 2. The molecule has 0 amide bonds. The van der Waals surface area contributed by atoms with Crippen molar-refractivity contribution in [2.75, 3.05) is 12.5 Å². The molecule has 1 heterocycles. The van der Waals surface area contributed by atoms with Crippen molar-refractivity contribution in [1.29, 1.82) is 0 Å². The van der Waals surface area contributed by atoms with E-state index in [0.717, 1.165) is 16.1 Å². The number of hydrogen-bond donors (Lipinski definition) is 0. The molecule has 11 heteroatoms. The number of carbonyl (C=O) groups excluding carboxylic acids is 3. The molecule has 1 aromatic heterocycles. The standard InChI is InChI=1S/C15H16N2O4S.C5H7ClO3/c1-9-5-14(17(19)20)10(2)4-12(9)6-15-16-13(8-22-15)7-21-11(3)18;1-4(7)9-3-5(8)2-6/h4-5,8H,6-7H2,1-3H3;2-3H2,1H3. The summed E-state index contributed by atoms with van der Waals surface area (Å²) in [6.45, 7) is 6.14. The van der Waals surface area contributed by atoms with E-state index < -0.39 is 5.97 Å². The summed E-state index contributed by atoms with van der Waals surface area (Å²) >= 11 is 6.58. The van der Waals surface area contributed by atoms with Gasteiger partial charge in [-0.2, -0.15) is 0 Å². The number of aromatic nitrogens is 1. The van der Waals surface area contributed by atoms with Crippen LogP contribution in [-0.2, 0) is 36.9 Å². The first-order valence-electron chi connectivity index (χ1n) is 9.05. The van der Waals surface area contributed by atoms with Gasteiger partial charge in [-0.1, -0.05) is 0 Å². The number of thiazole rings is 1. The Bertz CT molecular complexity index is 959. The van der Waals surface area contributed by atoms with Gasteiger partial charge in [-0.15, -0.1) is 22.9 Å². The van der Waals surface area contributed by atoms with Crippen molar-refractivity contribution in [2.24, 2.45) is 0 Å². The molecule has 0 bridgehead atoms. The SMILES string of the molecule is CC(=O)OCC(=O)CCl.CC(=O)OCc1csc(Cc2cc(C)c([N+](=O)[O-])cc2C)n1. The van der Waals surface area contributed by atoms with Crippen LogP contribution in [0.2, 0.25) is 0 Å². The number of Topliss-reactive ketones (excluding diaryl/α,β-unsaturated/α-hetero) is 1. The molecule has 168 valence electrons. The van der Waals surface area contributed by atoms with Crippen LogP contribution in [0.3, 0.4) is 0 Å². The van der Waals surface area contributed by atoms with Crippen LogP contribution in [0.4, 0.5) is 5.69 Å². The molecule has 1 aromatic carbocycles. The largest absolute Gasteiger partial charge is 0.459 e. The fourth-order valence-electron chi connectivity index (χ4n) is 2.30.